The highest BCUT2D eigenvalue weighted by Crippen LogP contribution is 2.25. The number of nitrogens with one attached hydrogen (secondary N) is 1. The molecule has 0 aromatic heterocycles. The Morgan fingerprint density at radius 1 is 1.58 bits per heavy atom. The molecule has 1 atom stereocenters. The maximum atomic E-state index is 13.8. The summed E-state index contributed by atoms with van der Waals surface area (Å²) in [7, 11) is 3.41. The summed E-state index contributed by atoms with van der Waals surface area (Å²) in [6, 6.07) is 2.49. The Bertz CT molecular complexity index is 493. The van der Waals surface area contributed by atoms with E-state index in [9.17, 15) is 9.18 Å². The number of rotatable bonds is 3. The second kappa shape index (κ2) is 5.44. The van der Waals surface area contributed by atoms with Crippen LogP contribution in [0.2, 0.25) is 0 Å². The van der Waals surface area contributed by atoms with Gasteiger partial charge >= 0.3 is 0 Å². The first kappa shape index (κ1) is 13.6. The Morgan fingerprint density at radius 2 is 2.32 bits per heavy atom. The molecule has 5 nitrogen and oxygen atoms in total. The quantitative estimate of drug-likeness (QED) is 0.797. The molecule has 1 saturated heterocycles. The highest BCUT2D eigenvalue weighted by molar-refractivity contribution is 5.95. The van der Waals surface area contributed by atoms with Crippen LogP contribution in [-0.4, -0.2) is 44.1 Å². The van der Waals surface area contributed by atoms with Crippen molar-refractivity contribution in [2.24, 2.45) is 0 Å². The monoisotopic (exact) mass is 267 g/mol. The Labute approximate surface area is 111 Å². The molecular formula is C13H18FN3O2. The van der Waals surface area contributed by atoms with Crippen LogP contribution >= 0.6 is 0 Å². The number of nitrogens with zero attached hydrogens (tertiary/aromatic N) is 1. The number of amides is 1. The number of methoxy groups -OCH3 is 1. The van der Waals surface area contributed by atoms with Crippen molar-refractivity contribution < 1.29 is 13.9 Å². The zero-order valence-electron chi connectivity index (χ0n) is 11.1. The number of carbonyl (C=O) groups is 1. The van der Waals surface area contributed by atoms with Gasteiger partial charge in [-0.3, -0.25) is 4.79 Å². The predicted octanol–water partition coefficient (Wildman–Crippen LogP) is 0.850. The van der Waals surface area contributed by atoms with Gasteiger partial charge in [0.25, 0.3) is 5.91 Å². The van der Waals surface area contributed by atoms with E-state index in [-0.39, 0.29) is 17.3 Å². The number of benzene rings is 1. The first-order valence-corrected chi connectivity index (χ1v) is 6.13. The second-order valence-corrected chi connectivity index (χ2v) is 4.80. The van der Waals surface area contributed by atoms with Crippen LogP contribution < -0.4 is 15.8 Å². The molecule has 104 valence electrons. The number of halogens is 1. The van der Waals surface area contributed by atoms with E-state index in [1.165, 1.54) is 13.2 Å². The van der Waals surface area contributed by atoms with Gasteiger partial charge in [0.05, 0.1) is 18.4 Å². The van der Waals surface area contributed by atoms with Crippen molar-refractivity contribution in [3.05, 3.63) is 23.5 Å². The van der Waals surface area contributed by atoms with Crippen LogP contribution in [-0.2, 0) is 0 Å². The molecule has 2 rings (SSSR count). The molecule has 0 saturated carbocycles. The molecule has 1 aromatic rings. The van der Waals surface area contributed by atoms with E-state index in [1.807, 2.05) is 7.05 Å². The van der Waals surface area contributed by atoms with E-state index >= 15 is 0 Å². The third kappa shape index (κ3) is 2.96. The number of likely N-dealkylation sites (N-methyl/N-ethyl adjacent to an activating group) is 1. The third-order valence-electron chi connectivity index (χ3n) is 3.29. The molecule has 0 bridgehead atoms. The highest BCUT2D eigenvalue weighted by atomic mass is 19.1. The fourth-order valence-electron chi connectivity index (χ4n) is 2.24. The number of hydrogen-bond acceptors (Lipinski definition) is 4. The van der Waals surface area contributed by atoms with Gasteiger partial charge in [-0.05, 0) is 26.1 Å². The molecule has 0 radical (unpaired) electrons. The average molecular weight is 267 g/mol. The Morgan fingerprint density at radius 3 is 2.89 bits per heavy atom. The fraction of sp³-hybridized carbons (Fsp3) is 0.462. The molecule has 1 heterocycles. The summed E-state index contributed by atoms with van der Waals surface area (Å²) in [5.74, 6) is -0.770. The van der Waals surface area contributed by atoms with Crippen LogP contribution in [0, 0.1) is 5.82 Å². The Balaban J connectivity index is 2.14. The standard InChI is InChI=1S/C13H18FN3O2/c1-17-4-3-8(7-17)16-13(18)9-5-12(19-2)11(15)6-10(9)14/h5-6,8H,3-4,7,15H2,1-2H3,(H,16,18)/t8-/m1/s1. The van der Waals surface area contributed by atoms with Gasteiger partial charge in [-0.15, -0.1) is 0 Å². The molecule has 1 amide bonds. The lowest BCUT2D eigenvalue weighted by Gasteiger charge is -2.14. The minimum Gasteiger partial charge on any atom is -0.495 e. The molecule has 0 spiro atoms. The molecule has 1 fully saturated rings. The van der Waals surface area contributed by atoms with Gasteiger partial charge in [0.2, 0.25) is 0 Å². The summed E-state index contributed by atoms with van der Waals surface area (Å²) >= 11 is 0. The zero-order chi connectivity index (χ0) is 14.0. The molecule has 0 aliphatic carbocycles. The summed E-state index contributed by atoms with van der Waals surface area (Å²) in [6.07, 6.45) is 0.871. The van der Waals surface area contributed by atoms with Gasteiger partial charge in [-0.1, -0.05) is 0 Å². The van der Waals surface area contributed by atoms with Crippen LogP contribution in [0.1, 0.15) is 16.8 Å². The van der Waals surface area contributed by atoms with Crippen molar-refractivity contribution in [2.75, 3.05) is 33.0 Å². The number of carbonyl (C=O) groups excluding carboxylic acids is 1. The van der Waals surface area contributed by atoms with E-state index in [0.29, 0.717) is 5.75 Å². The Kier molecular flexibility index (Phi) is 3.90. The van der Waals surface area contributed by atoms with Gasteiger partial charge in [0, 0.05) is 18.7 Å². The largest absolute Gasteiger partial charge is 0.495 e. The van der Waals surface area contributed by atoms with Crippen molar-refractivity contribution in [2.45, 2.75) is 12.5 Å². The lowest BCUT2D eigenvalue weighted by atomic mass is 10.1. The topological polar surface area (TPSA) is 67.6 Å². The number of nitrogens with two attached hydrogens (primary N) is 1. The van der Waals surface area contributed by atoms with Crippen LogP contribution in [0.4, 0.5) is 10.1 Å². The van der Waals surface area contributed by atoms with Crippen molar-refractivity contribution >= 4 is 11.6 Å². The zero-order valence-corrected chi connectivity index (χ0v) is 11.1. The maximum Gasteiger partial charge on any atom is 0.254 e. The summed E-state index contributed by atoms with van der Waals surface area (Å²) in [6.45, 7) is 1.71. The van der Waals surface area contributed by atoms with Gasteiger partial charge in [-0.25, -0.2) is 4.39 Å². The smallest absolute Gasteiger partial charge is 0.254 e. The predicted molar refractivity (Wildman–Crippen MR) is 70.7 cm³/mol. The molecule has 1 aliphatic heterocycles. The molecule has 6 heteroatoms. The van der Waals surface area contributed by atoms with E-state index in [1.54, 1.807) is 0 Å². The van der Waals surface area contributed by atoms with Crippen molar-refractivity contribution in [3.63, 3.8) is 0 Å². The fourth-order valence-corrected chi connectivity index (χ4v) is 2.24. The molecular weight excluding hydrogens is 249 g/mol. The minimum absolute atomic E-state index is 0.0411. The summed E-state index contributed by atoms with van der Waals surface area (Å²) < 4.78 is 18.8. The lowest BCUT2D eigenvalue weighted by Crippen LogP contribution is -2.36. The van der Waals surface area contributed by atoms with Gasteiger partial charge < -0.3 is 20.7 Å². The van der Waals surface area contributed by atoms with Crippen LogP contribution in [0.5, 0.6) is 5.75 Å². The first-order valence-electron chi connectivity index (χ1n) is 6.13. The minimum atomic E-state index is -0.637. The van der Waals surface area contributed by atoms with Gasteiger partial charge in [0.1, 0.15) is 11.6 Å². The number of hydrogen-bond donors (Lipinski definition) is 2. The van der Waals surface area contributed by atoms with Crippen LogP contribution in [0.3, 0.4) is 0 Å². The molecule has 3 N–H and O–H groups in total. The summed E-state index contributed by atoms with van der Waals surface area (Å²) in [5.41, 5.74) is 5.72. The molecule has 1 aromatic carbocycles. The average Bonchev–Trinajstić information content (AvgIpc) is 2.74. The molecule has 0 unspecified atom stereocenters. The number of ether oxygens (including phenoxy) is 1. The Hall–Kier alpha value is -1.82. The van der Waals surface area contributed by atoms with Crippen LogP contribution in [0.25, 0.3) is 0 Å². The highest BCUT2D eigenvalue weighted by Gasteiger charge is 2.23. The molecule has 19 heavy (non-hydrogen) atoms. The first-order chi connectivity index (χ1) is 9.01. The lowest BCUT2D eigenvalue weighted by molar-refractivity contribution is 0.0934. The van der Waals surface area contributed by atoms with Crippen LogP contribution in [0.15, 0.2) is 12.1 Å². The van der Waals surface area contributed by atoms with E-state index in [4.69, 9.17) is 10.5 Å². The number of nitrogen functional groups attached to an aromatic ring is 1. The van der Waals surface area contributed by atoms with Crippen molar-refractivity contribution in [1.29, 1.82) is 0 Å². The molecule has 1 aliphatic rings. The van der Waals surface area contributed by atoms with E-state index < -0.39 is 11.7 Å². The normalized spacial score (nSPS) is 19.4. The SMILES string of the molecule is COc1cc(C(=O)N[C@@H]2CCN(C)C2)c(F)cc1N. The van der Waals surface area contributed by atoms with Gasteiger partial charge in [0.15, 0.2) is 0 Å². The van der Waals surface area contributed by atoms with E-state index in [0.717, 1.165) is 25.6 Å². The summed E-state index contributed by atoms with van der Waals surface area (Å²) in [4.78, 5) is 14.2. The maximum absolute atomic E-state index is 13.8. The van der Waals surface area contributed by atoms with Crippen molar-refractivity contribution in [1.82, 2.24) is 10.2 Å². The number of anilines is 1. The van der Waals surface area contributed by atoms with E-state index in [2.05, 4.69) is 10.2 Å². The second-order valence-electron chi connectivity index (χ2n) is 4.80. The van der Waals surface area contributed by atoms with Gasteiger partial charge in [-0.2, -0.15) is 0 Å². The summed E-state index contributed by atoms with van der Waals surface area (Å²) in [5, 5.41) is 2.82. The van der Waals surface area contributed by atoms with Crippen molar-refractivity contribution in [3.8, 4) is 5.75 Å². The number of likely N-dealkylation sites (tertiary alicyclic amines) is 1. The third-order valence-corrected chi connectivity index (χ3v) is 3.29.